The standard InChI is InChI=1S/C17H19BrO3/c1-12-10-16(11-13(2)17(12)18)21-9-8-20-15-6-4-14(19-3)5-7-15/h4-7,10-11H,8-9H2,1-3H3. The van der Waals surface area contributed by atoms with Crippen LogP contribution in [0.3, 0.4) is 0 Å². The van der Waals surface area contributed by atoms with Crippen molar-refractivity contribution in [1.82, 2.24) is 0 Å². The number of methoxy groups -OCH3 is 1. The van der Waals surface area contributed by atoms with Gasteiger partial charge in [0, 0.05) is 4.47 Å². The van der Waals surface area contributed by atoms with Gasteiger partial charge in [0.05, 0.1) is 7.11 Å². The molecule has 0 saturated heterocycles. The Balaban J connectivity index is 1.81. The second-order valence-electron chi connectivity index (χ2n) is 4.74. The van der Waals surface area contributed by atoms with E-state index in [4.69, 9.17) is 14.2 Å². The van der Waals surface area contributed by atoms with Gasteiger partial charge in [-0.2, -0.15) is 0 Å². The Kier molecular flexibility index (Phi) is 5.51. The lowest BCUT2D eigenvalue weighted by Gasteiger charge is -2.11. The summed E-state index contributed by atoms with van der Waals surface area (Å²) in [6.07, 6.45) is 0. The van der Waals surface area contributed by atoms with E-state index in [1.807, 2.05) is 36.4 Å². The van der Waals surface area contributed by atoms with E-state index in [2.05, 4.69) is 29.8 Å². The lowest BCUT2D eigenvalue weighted by molar-refractivity contribution is 0.217. The van der Waals surface area contributed by atoms with Crippen LogP contribution in [0.2, 0.25) is 0 Å². The van der Waals surface area contributed by atoms with E-state index < -0.39 is 0 Å². The fraction of sp³-hybridized carbons (Fsp3) is 0.294. The second kappa shape index (κ2) is 7.36. The van der Waals surface area contributed by atoms with Crippen molar-refractivity contribution in [1.29, 1.82) is 0 Å². The molecule has 0 unspecified atom stereocenters. The summed E-state index contributed by atoms with van der Waals surface area (Å²) in [5.41, 5.74) is 2.34. The lowest BCUT2D eigenvalue weighted by atomic mass is 10.1. The van der Waals surface area contributed by atoms with E-state index in [0.29, 0.717) is 13.2 Å². The third kappa shape index (κ3) is 4.39. The van der Waals surface area contributed by atoms with Gasteiger partial charge in [0.15, 0.2) is 0 Å². The van der Waals surface area contributed by atoms with Gasteiger partial charge in [-0.05, 0) is 61.4 Å². The van der Waals surface area contributed by atoms with E-state index in [1.54, 1.807) is 7.11 Å². The molecule has 4 heteroatoms. The van der Waals surface area contributed by atoms with Crippen LogP contribution < -0.4 is 14.2 Å². The Morgan fingerprint density at radius 2 is 1.29 bits per heavy atom. The van der Waals surface area contributed by atoms with Gasteiger partial charge in [0.1, 0.15) is 30.5 Å². The Labute approximate surface area is 134 Å². The third-order valence-corrected chi connectivity index (χ3v) is 4.34. The predicted molar refractivity (Wildman–Crippen MR) is 87.6 cm³/mol. The van der Waals surface area contributed by atoms with E-state index in [0.717, 1.165) is 21.7 Å². The van der Waals surface area contributed by atoms with Gasteiger partial charge in [-0.3, -0.25) is 0 Å². The summed E-state index contributed by atoms with van der Waals surface area (Å²) in [4.78, 5) is 0. The van der Waals surface area contributed by atoms with Gasteiger partial charge in [-0.15, -0.1) is 0 Å². The number of hydrogen-bond acceptors (Lipinski definition) is 3. The first-order valence-corrected chi connectivity index (χ1v) is 7.56. The monoisotopic (exact) mass is 350 g/mol. The highest BCUT2D eigenvalue weighted by molar-refractivity contribution is 9.10. The molecular weight excluding hydrogens is 332 g/mol. The van der Waals surface area contributed by atoms with Crippen LogP contribution in [0.5, 0.6) is 17.2 Å². The normalized spacial score (nSPS) is 10.3. The number of aryl methyl sites for hydroxylation is 2. The summed E-state index contributed by atoms with van der Waals surface area (Å²) in [5, 5.41) is 0. The van der Waals surface area contributed by atoms with Gasteiger partial charge in [-0.25, -0.2) is 0 Å². The van der Waals surface area contributed by atoms with Crippen molar-refractivity contribution < 1.29 is 14.2 Å². The summed E-state index contributed by atoms with van der Waals surface area (Å²) < 4.78 is 17.6. The Hall–Kier alpha value is -1.68. The Morgan fingerprint density at radius 3 is 1.81 bits per heavy atom. The molecule has 112 valence electrons. The molecule has 2 aromatic rings. The first-order chi connectivity index (χ1) is 10.1. The fourth-order valence-corrected chi connectivity index (χ4v) is 2.21. The van der Waals surface area contributed by atoms with Crippen LogP contribution >= 0.6 is 15.9 Å². The summed E-state index contributed by atoms with van der Waals surface area (Å²) in [7, 11) is 1.64. The number of rotatable bonds is 6. The number of hydrogen-bond donors (Lipinski definition) is 0. The molecule has 3 nitrogen and oxygen atoms in total. The molecule has 0 fully saturated rings. The quantitative estimate of drug-likeness (QED) is 0.716. The van der Waals surface area contributed by atoms with Crippen LogP contribution in [-0.2, 0) is 0 Å². The molecule has 21 heavy (non-hydrogen) atoms. The fourth-order valence-electron chi connectivity index (χ4n) is 1.98. The molecule has 0 aliphatic heterocycles. The van der Waals surface area contributed by atoms with Gasteiger partial charge < -0.3 is 14.2 Å². The minimum atomic E-state index is 0.500. The van der Waals surface area contributed by atoms with Crippen molar-refractivity contribution in [3.8, 4) is 17.2 Å². The van der Waals surface area contributed by atoms with E-state index in [-0.39, 0.29) is 0 Å². The zero-order valence-corrected chi connectivity index (χ0v) is 14.1. The smallest absolute Gasteiger partial charge is 0.122 e. The van der Waals surface area contributed by atoms with Crippen molar-refractivity contribution in [2.75, 3.05) is 20.3 Å². The van der Waals surface area contributed by atoms with Crippen LogP contribution in [0.25, 0.3) is 0 Å². The molecule has 0 atom stereocenters. The van der Waals surface area contributed by atoms with Crippen LogP contribution in [0.15, 0.2) is 40.9 Å². The van der Waals surface area contributed by atoms with Crippen molar-refractivity contribution >= 4 is 15.9 Å². The van der Waals surface area contributed by atoms with Crippen LogP contribution in [0.4, 0.5) is 0 Å². The maximum atomic E-state index is 5.72. The molecule has 0 radical (unpaired) electrons. The van der Waals surface area contributed by atoms with E-state index in [9.17, 15) is 0 Å². The molecule has 2 aromatic carbocycles. The number of halogens is 1. The van der Waals surface area contributed by atoms with Crippen LogP contribution in [-0.4, -0.2) is 20.3 Å². The predicted octanol–water partition coefficient (Wildman–Crippen LogP) is 4.53. The molecule has 0 aromatic heterocycles. The van der Waals surface area contributed by atoms with Crippen molar-refractivity contribution in [3.05, 3.63) is 52.0 Å². The topological polar surface area (TPSA) is 27.7 Å². The maximum absolute atomic E-state index is 5.72. The maximum Gasteiger partial charge on any atom is 0.122 e. The van der Waals surface area contributed by atoms with Gasteiger partial charge in [0.2, 0.25) is 0 Å². The largest absolute Gasteiger partial charge is 0.497 e. The Morgan fingerprint density at radius 1 is 0.810 bits per heavy atom. The summed E-state index contributed by atoms with van der Waals surface area (Å²) >= 11 is 3.55. The van der Waals surface area contributed by atoms with E-state index in [1.165, 1.54) is 11.1 Å². The van der Waals surface area contributed by atoms with Crippen molar-refractivity contribution in [2.45, 2.75) is 13.8 Å². The average molecular weight is 351 g/mol. The molecule has 0 aliphatic rings. The minimum Gasteiger partial charge on any atom is -0.497 e. The molecule has 0 N–H and O–H groups in total. The highest BCUT2D eigenvalue weighted by Gasteiger charge is 2.03. The molecule has 0 heterocycles. The minimum absolute atomic E-state index is 0.500. The highest BCUT2D eigenvalue weighted by Crippen LogP contribution is 2.26. The van der Waals surface area contributed by atoms with Crippen LogP contribution in [0, 0.1) is 13.8 Å². The molecule has 0 aliphatic carbocycles. The average Bonchev–Trinajstić information content (AvgIpc) is 2.49. The summed E-state index contributed by atoms with van der Waals surface area (Å²) in [6, 6.07) is 11.5. The summed E-state index contributed by atoms with van der Waals surface area (Å²) in [5.74, 6) is 2.49. The number of ether oxygens (including phenoxy) is 3. The van der Waals surface area contributed by atoms with Crippen LogP contribution in [0.1, 0.15) is 11.1 Å². The summed E-state index contributed by atoms with van der Waals surface area (Å²) in [6.45, 7) is 5.11. The van der Waals surface area contributed by atoms with Gasteiger partial charge in [-0.1, -0.05) is 15.9 Å². The molecule has 0 bridgehead atoms. The molecule has 2 rings (SSSR count). The van der Waals surface area contributed by atoms with Crippen molar-refractivity contribution in [2.24, 2.45) is 0 Å². The van der Waals surface area contributed by atoms with Gasteiger partial charge in [0.25, 0.3) is 0 Å². The van der Waals surface area contributed by atoms with E-state index >= 15 is 0 Å². The van der Waals surface area contributed by atoms with Crippen molar-refractivity contribution in [3.63, 3.8) is 0 Å². The molecular formula is C17H19BrO3. The second-order valence-corrected chi connectivity index (χ2v) is 5.54. The molecule has 0 amide bonds. The zero-order valence-electron chi connectivity index (χ0n) is 12.5. The first-order valence-electron chi connectivity index (χ1n) is 6.76. The zero-order chi connectivity index (χ0) is 15.2. The number of benzene rings is 2. The molecule has 0 spiro atoms. The lowest BCUT2D eigenvalue weighted by Crippen LogP contribution is -2.09. The highest BCUT2D eigenvalue weighted by atomic mass is 79.9. The SMILES string of the molecule is COc1ccc(OCCOc2cc(C)c(Br)c(C)c2)cc1. The Bertz CT molecular complexity index is 570. The third-order valence-electron chi connectivity index (χ3n) is 3.09. The molecule has 0 saturated carbocycles. The first kappa shape index (κ1) is 15.7. The van der Waals surface area contributed by atoms with Gasteiger partial charge >= 0.3 is 0 Å².